The van der Waals surface area contributed by atoms with E-state index in [-0.39, 0.29) is 5.91 Å². The maximum Gasteiger partial charge on any atom is 0.279 e. The van der Waals surface area contributed by atoms with Gasteiger partial charge in [0.25, 0.3) is 5.91 Å². The molecule has 0 radical (unpaired) electrons. The van der Waals surface area contributed by atoms with Crippen molar-refractivity contribution in [2.45, 2.75) is 27.3 Å². The van der Waals surface area contributed by atoms with Crippen LogP contribution < -0.4 is 4.80 Å². The number of allylic oxidation sites excluding steroid dienone is 1. The minimum absolute atomic E-state index is 0.215. The van der Waals surface area contributed by atoms with E-state index in [0.29, 0.717) is 16.9 Å². The molecule has 3 rings (SSSR count). The minimum Gasteiger partial charge on any atom is -0.312 e. The Bertz CT molecular complexity index is 991. The molecule has 2 aromatic carbocycles. The molecule has 1 aromatic heterocycles. The number of rotatable bonds is 3. The highest BCUT2D eigenvalue weighted by atomic mass is 32.1. The van der Waals surface area contributed by atoms with E-state index in [4.69, 9.17) is 0 Å². The highest BCUT2D eigenvalue weighted by Gasteiger charge is 2.10. The van der Waals surface area contributed by atoms with Gasteiger partial charge in [0.2, 0.25) is 0 Å². The van der Waals surface area contributed by atoms with Crippen molar-refractivity contribution in [1.29, 1.82) is 0 Å². The molecular formula is C20H20N2OS. The number of benzene rings is 2. The summed E-state index contributed by atoms with van der Waals surface area (Å²) in [7, 11) is 0. The molecule has 122 valence electrons. The second kappa shape index (κ2) is 6.57. The van der Waals surface area contributed by atoms with E-state index in [2.05, 4.69) is 37.6 Å². The molecule has 0 aliphatic heterocycles. The number of aryl methyl sites for hydroxylation is 3. The zero-order valence-corrected chi connectivity index (χ0v) is 15.0. The molecule has 0 saturated carbocycles. The van der Waals surface area contributed by atoms with Crippen LogP contribution in [-0.4, -0.2) is 10.5 Å². The van der Waals surface area contributed by atoms with Gasteiger partial charge < -0.3 is 4.57 Å². The topological polar surface area (TPSA) is 34.4 Å². The van der Waals surface area contributed by atoms with E-state index in [0.717, 1.165) is 15.8 Å². The molecule has 1 heterocycles. The summed E-state index contributed by atoms with van der Waals surface area (Å²) in [5.74, 6) is -0.215. The molecular weight excluding hydrogens is 316 g/mol. The van der Waals surface area contributed by atoms with Crippen LogP contribution in [0.4, 0.5) is 0 Å². The Balaban J connectivity index is 2.16. The Morgan fingerprint density at radius 3 is 2.50 bits per heavy atom. The summed E-state index contributed by atoms with van der Waals surface area (Å²) in [4.78, 5) is 17.6. The first kappa shape index (κ1) is 16.4. The van der Waals surface area contributed by atoms with Gasteiger partial charge in [-0.25, -0.2) is 0 Å². The average molecular weight is 336 g/mol. The molecule has 4 heteroatoms. The van der Waals surface area contributed by atoms with E-state index in [9.17, 15) is 4.79 Å². The molecule has 24 heavy (non-hydrogen) atoms. The molecule has 1 amide bonds. The fourth-order valence-electron chi connectivity index (χ4n) is 2.56. The molecule has 0 unspecified atom stereocenters. The smallest absolute Gasteiger partial charge is 0.279 e. The van der Waals surface area contributed by atoms with E-state index >= 15 is 0 Å². The average Bonchev–Trinajstić information content (AvgIpc) is 2.86. The number of hydrogen-bond donors (Lipinski definition) is 0. The van der Waals surface area contributed by atoms with Gasteiger partial charge in [0, 0.05) is 12.1 Å². The van der Waals surface area contributed by atoms with Crippen molar-refractivity contribution in [1.82, 2.24) is 4.57 Å². The van der Waals surface area contributed by atoms with Crippen LogP contribution in [0.5, 0.6) is 0 Å². The monoisotopic (exact) mass is 336 g/mol. The van der Waals surface area contributed by atoms with Crippen molar-refractivity contribution < 1.29 is 4.79 Å². The number of fused-ring (bicyclic) bond motifs is 1. The summed E-state index contributed by atoms with van der Waals surface area (Å²) in [5.41, 5.74) is 5.30. The minimum atomic E-state index is -0.215. The largest absolute Gasteiger partial charge is 0.312 e. The number of nitrogens with zero attached hydrogens (tertiary/aromatic N) is 2. The first-order valence-corrected chi connectivity index (χ1v) is 8.68. The highest BCUT2D eigenvalue weighted by molar-refractivity contribution is 7.16. The third kappa shape index (κ3) is 3.10. The number of thiazole rings is 1. The van der Waals surface area contributed by atoms with Gasteiger partial charge in [-0.05, 0) is 56.2 Å². The SMILES string of the molecule is C=CCn1c(=NC(=O)c2ccc(C)cc2)sc2cc(C)c(C)cc21. The second-order valence-electron chi connectivity index (χ2n) is 5.97. The molecule has 0 atom stereocenters. The number of carbonyl (C=O) groups excluding carboxylic acids is 1. The van der Waals surface area contributed by atoms with Crippen LogP contribution in [0.1, 0.15) is 27.0 Å². The van der Waals surface area contributed by atoms with Gasteiger partial charge in [0.15, 0.2) is 4.80 Å². The van der Waals surface area contributed by atoms with Crippen LogP contribution in [0, 0.1) is 20.8 Å². The maximum absolute atomic E-state index is 12.5. The fraction of sp³-hybridized carbons (Fsp3) is 0.200. The summed E-state index contributed by atoms with van der Waals surface area (Å²) in [6.07, 6.45) is 1.83. The molecule has 3 aromatic rings. The van der Waals surface area contributed by atoms with Crippen LogP contribution in [0.25, 0.3) is 10.2 Å². The summed E-state index contributed by atoms with van der Waals surface area (Å²) in [6, 6.07) is 11.8. The van der Waals surface area contributed by atoms with Crippen LogP contribution in [0.15, 0.2) is 54.0 Å². The summed E-state index contributed by atoms with van der Waals surface area (Å²) in [6.45, 7) is 10.6. The van der Waals surface area contributed by atoms with E-state index < -0.39 is 0 Å². The Labute approximate surface area is 145 Å². The molecule has 0 aliphatic carbocycles. The molecule has 0 spiro atoms. The maximum atomic E-state index is 12.5. The van der Waals surface area contributed by atoms with E-state index in [1.807, 2.05) is 41.8 Å². The van der Waals surface area contributed by atoms with Gasteiger partial charge in [-0.1, -0.05) is 35.1 Å². The van der Waals surface area contributed by atoms with Gasteiger partial charge in [-0.2, -0.15) is 4.99 Å². The van der Waals surface area contributed by atoms with Gasteiger partial charge in [0.05, 0.1) is 10.2 Å². The predicted octanol–water partition coefficient (Wildman–Crippen LogP) is 4.56. The Morgan fingerprint density at radius 1 is 1.17 bits per heavy atom. The number of aromatic nitrogens is 1. The third-order valence-electron chi connectivity index (χ3n) is 4.11. The molecule has 0 fully saturated rings. The summed E-state index contributed by atoms with van der Waals surface area (Å²) in [5, 5.41) is 0. The van der Waals surface area contributed by atoms with Crippen LogP contribution in [-0.2, 0) is 6.54 Å². The molecule has 0 aliphatic rings. The lowest BCUT2D eigenvalue weighted by molar-refractivity contribution is 0.0998. The summed E-state index contributed by atoms with van der Waals surface area (Å²) < 4.78 is 3.18. The first-order valence-electron chi connectivity index (χ1n) is 7.87. The lowest BCUT2D eigenvalue weighted by Crippen LogP contribution is -2.16. The van der Waals surface area contributed by atoms with Crippen molar-refractivity contribution in [3.63, 3.8) is 0 Å². The zero-order chi connectivity index (χ0) is 17.3. The fourth-order valence-corrected chi connectivity index (χ4v) is 3.68. The first-order chi connectivity index (χ1) is 11.5. The lowest BCUT2D eigenvalue weighted by Gasteiger charge is -2.04. The van der Waals surface area contributed by atoms with Gasteiger partial charge in [0.1, 0.15) is 0 Å². The normalized spacial score (nSPS) is 11.9. The second-order valence-corrected chi connectivity index (χ2v) is 6.98. The van der Waals surface area contributed by atoms with E-state index in [1.54, 1.807) is 11.3 Å². The van der Waals surface area contributed by atoms with Gasteiger partial charge >= 0.3 is 0 Å². The van der Waals surface area contributed by atoms with Gasteiger partial charge in [-0.3, -0.25) is 4.79 Å². The number of amides is 1. The molecule has 0 saturated heterocycles. The summed E-state index contributed by atoms with van der Waals surface area (Å²) >= 11 is 1.54. The van der Waals surface area contributed by atoms with Crippen molar-refractivity contribution in [3.05, 3.63) is 76.1 Å². The van der Waals surface area contributed by atoms with Crippen molar-refractivity contribution >= 4 is 27.5 Å². The predicted molar refractivity (Wildman–Crippen MR) is 101 cm³/mol. The van der Waals surface area contributed by atoms with Gasteiger partial charge in [-0.15, -0.1) is 6.58 Å². The third-order valence-corrected chi connectivity index (χ3v) is 5.15. The zero-order valence-electron chi connectivity index (χ0n) is 14.2. The van der Waals surface area contributed by atoms with Crippen LogP contribution in [0.3, 0.4) is 0 Å². The quantitative estimate of drug-likeness (QED) is 0.646. The van der Waals surface area contributed by atoms with Crippen molar-refractivity contribution in [3.8, 4) is 0 Å². The Morgan fingerprint density at radius 2 is 1.83 bits per heavy atom. The van der Waals surface area contributed by atoms with Crippen LogP contribution >= 0.6 is 11.3 Å². The standard InChI is InChI=1S/C20H20N2OS/c1-5-10-22-17-11-14(3)15(4)12-18(17)24-20(22)21-19(23)16-8-6-13(2)7-9-16/h5-9,11-12H,1,10H2,2-4H3. The van der Waals surface area contributed by atoms with Crippen molar-refractivity contribution in [2.24, 2.45) is 4.99 Å². The highest BCUT2D eigenvalue weighted by Crippen LogP contribution is 2.22. The Hall–Kier alpha value is -2.46. The number of carbonyl (C=O) groups is 1. The molecule has 0 bridgehead atoms. The van der Waals surface area contributed by atoms with E-state index in [1.165, 1.54) is 11.1 Å². The lowest BCUT2D eigenvalue weighted by atomic mass is 10.1. The number of hydrogen-bond acceptors (Lipinski definition) is 2. The van der Waals surface area contributed by atoms with Crippen molar-refractivity contribution in [2.75, 3.05) is 0 Å². The van der Waals surface area contributed by atoms with Crippen LogP contribution in [0.2, 0.25) is 0 Å². The Kier molecular flexibility index (Phi) is 4.49. The molecule has 0 N–H and O–H groups in total. The molecule has 3 nitrogen and oxygen atoms in total.